The van der Waals surface area contributed by atoms with Crippen molar-refractivity contribution < 1.29 is 14.3 Å². The molecule has 0 saturated carbocycles. The van der Waals surface area contributed by atoms with Crippen LogP contribution in [-0.2, 0) is 9.53 Å². The van der Waals surface area contributed by atoms with E-state index in [0.29, 0.717) is 11.3 Å². The zero-order chi connectivity index (χ0) is 18.5. The molecule has 26 heavy (non-hydrogen) atoms. The van der Waals surface area contributed by atoms with Crippen molar-refractivity contribution in [1.29, 1.82) is 0 Å². The van der Waals surface area contributed by atoms with Gasteiger partial charge in [0.05, 0.1) is 18.4 Å². The van der Waals surface area contributed by atoms with Crippen LogP contribution < -0.4 is 5.32 Å². The number of carbonyl (C=O) groups excluding carboxylic acids is 2. The molecule has 4 nitrogen and oxygen atoms in total. The molecule has 1 N–H and O–H groups in total. The molecule has 0 aliphatic carbocycles. The number of rotatable bonds is 4. The summed E-state index contributed by atoms with van der Waals surface area (Å²) in [7, 11) is 1.30. The number of halogens is 1. The Hall–Kier alpha value is -2.92. The van der Waals surface area contributed by atoms with E-state index in [-0.39, 0.29) is 5.91 Å². The second-order valence-electron chi connectivity index (χ2n) is 5.55. The first kappa shape index (κ1) is 17.9. The number of esters is 1. The molecule has 0 aliphatic rings. The van der Waals surface area contributed by atoms with E-state index in [2.05, 4.69) is 21.2 Å². The summed E-state index contributed by atoms with van der Waals surface area (Å²) in [6, 6.07) is 18.7. The second kappa shape index (κ2) is 7.97. The lowest BCUT2D eigenvalue weighted by molar-refractivity contribution is -0.111. The van der Waals surface area contributed by atoms with Crippen LogP contribution in [0.1, 0.15) is 15.9 Å². The summed E-state index contributed by atoms with van der Waals surface area (Å²) in [5, 5.41) is 4.90. The lowest BCUT2D eigenvalue weighted by Crippen LogP contribution is -2.12. The average molecular weight is 410 g/mol. The van der Waals surface area contributed by atoms with E-state index in [1.165, 1.54) is 13.2 Å². The molecule has 0 saturated heterocycles. The lowest BCUT2D eigenvalue weighted by atomic mass is 10.1. The number of para-hydroxylation sites is 1. The lowest BCUT2D eigenvalue weighted by Gasteiger charge is -2.08. The summed E-state index contributed by atoms with van der Waals surface area (Å²) < 4.78 is 5.66. The van der Waals surface area contributed by atoms with E-state index in [4.69, 9.17) is 4.74 Å². The van der Waals surface area contributed by atoms with Crippen LogP contribution in [0.15, 0.2) is 71.2 Å². The fraction of sp³-hybridized carbons (Fsp3) is 0.0476. The molecule has 1 amide bonds. The Morgan fingerprint density at radius 3 is 2.54 bits per heavy atom. The topological polar surface area (TPSA) is 55.4 Å². The minimum Gasteiger partial charge on any atom is -0.465 e. The third kappa shape index (κ3) is 3.83. The average Bonchev–Trinajstić information content (AvgIpc) is 2.67. The zero-order valence-electron chi connectivity index (χ0n) is 14.0. The SMILES string of the molecule is COC(=O)c1ccccc1NC(=O)C=Cc1ccc2ccccc2c1Br. The van der Waals surface area contributed by atoms with Crippen molar-refractivity contribution in [2.24, 2.45) is 0 Å². The van der Waals surface area contributed by atoms with Gasteiger partial charge in [0, 0.05) is 10.5 Å². The number of hydrogen-bond acceptors (Lipinski definition) is 3. The van der Waals surface area contributed by atoms with Gasteiger partial charge in [-0.05, 0) is 50.5 Å². The Labute approximate surface area is 159 Å². The first-order chi connectivity index (χ1) is 12.6. The van der Waals surface area contributed by atoms with E-state index in [1.54, 1.807) is 30.3 Å². The van der Waals surface area contributed by atoms with E-state index in [0.717, 1.165) is 20.8 Å². The monoisotopic (exact) mass is 409 g/mol. The molecule has 0 aromatic heterocycles. The molecule has 0 unspecified atom stereocenters. The zero-order valence-corrected chi connectivity index (χ0v) is 15.6. The molecule has 130 valence electrons. The van der Waals surface area contributed by atoms with Crippen LogP contribution >= 0.6 is 15.9 Å². The van der Waals surface area contributed by atoms with E-state index < -0.39 is 5.97 Å². The van der Waals surface area contributed by atoms with Crippen LogP contribution in [0.3, 0.4) is 0 Å². The quantitative estimate of drug-likeness (QED) is 0.484. The van der Waals surface area contributed by atoms with Gasteiger partial charge in [-0.25, -0.2) is 4.79 Å². The Morgan fingerprint density at radius 2 is 1.73 bits per heavy atom. The van der Waals surface area contributed by atoms with Crippen molar-refractivity contribution >= 4 is 50.3 Å². The smallest absolute Gasteiger partial charge is 0.339 e. The number of ether oxygens (including phenoxy) is 1. The van der Waals surface area contributed by atoms with Gasteiger partial charge >= 0.3 is 5.97 Å². The highest BCUT2D eigenvalue weighted by atomic mass is 79.9. The van der Waals surface area contributed by atoms with Crippen LogP contribution in [0, 0.1) is 0 Å². The first-order valence-corrected chi connectivity index (χ1v) is 8.73. The molecule has 0 heterocycles. The van der Waals surface area contributed by atoms with Crippen molar-refractivity contribution in [2.75, 3.05) is 12.4 Å². The Kier molecular flexibility index (Phi) is 5.49. The van der Waals surface area contributed by atoms with Crippen LogP contribution in [0.2, 0.25) is 0 Å². The Morgan fingerprint density at radius 1 is 1.00 bits per heavy atom. The molecular weight excluding hydrogens is 394 g/mol. The standard InChI is InChI=1S/C21H16BrNO3/c1-26-21(25)17-8-4-5-9-18(17)23-19(24)13-12-15-11-10-14-6-2-3-7-16(14)20(15)22/h2-13H,1H3,(H,23,24). The predicted octanol–water partition coefficient (Wildman–Crippen LogP) is 5.04. The third-order valence-corrected chi connectivity index (χ3v) is 4.78. The van der Waals surface area contributed by atoms with Gasteiger partial charge < -0.3 is 10.1 Å². The first-order valence-electron chi connectivity index (χ1n) is 7.94. The fourth-order valence-electron chi connectivity index (χ4n) is 2.60. The van der Waals surface area contributed by atoms with Crippen LogP contribution in [0.4, 0.5) is 5.69 Å². The Balaban J connectivity index is 1.81. The normalized spacial score (nSPS) is 10.8. The predicted molar refractivity (Wildman–Crippen MR) is 107 cm³/mol. The molecule has 0 spiro atoms. The highest BCUT2D eigenvalue weighted by Crippen LogP contribution is 2.28. The maximum absolute atomic E-state index is 12.3. The van der Waals surface area contributed by atoms with Gasteiger partial charge in [-0.2, -0.15) is 0 Å². The molecule has 3 rings (SSSR count). The molecule has 0 bridgehead atoms. The number of carbonyl (C=O) groups is 2. The number of fused-ring (bicyclic) bond motifs is 1. The molecule has 0 atom stereocenters. The van der Waals surface area contributed by atoms with Gasteiger partial charge in [0.1, 0.15) is 0 Å². The van der Waals surface area contributed by atoms with E-state index in [1.807, 2.05) is 36.4 Å². The van der Waals surface area contributed by atoms with Gasteiger partial charge in [0.2, 0.25) is 5.91 Å². The van der Waals surface area contributed by atoms with Crippen molar-refractivity contribution in [1.82, 2.24) is 0 Å². The minimum absolute atomic E-state index is 0.309. The van der Waals surface area contributed by atoms with Crippen molar-refractivity contribution in [3.8, 4) is 0 Å². The maximum Gasteiger partial charge on any atom is 0.339 e. The number of nitrogens with one attached hydrogen (secondary N) is 1. The van der Waals surface area contributed by atoms with E-state index in [9.17, 15) is 9.59 Å². The molecule has 5 heteroatoms. The number of amides is 1. The fourth-order valence-corrected chi connectivity index (χ4v) is 3.22. The van der Waals surface area contributed by atoms with Gasteiger partial charge in [-0.15, -0.1) is 0 Å². The van der Waals surface area contributed by atoms with Crippen LogP contribution in [0.5, 0.6) is 0 Å². The molecular formula is C21H16BrNO3. The van der Waals surface area contributed by atoms with Crippen LogP contribution in [-0.4, -0.2) is 19.0 Å². The summed E-state index contributed by atoms with van der Waals surface area (Å²) in [6.07, 6.45) is 3.16. The molecule has 3 aromatic rings. The van der Waals surface area contributed by atoms with Crippen molar-refractivity contribution in [3.05, 3.63) is 82.3 Å². The molecule has 0 radical (unpaired) electrons. The molecule has 0 fully saturated rings. The van der Waals surface area contributed by atoms with Gasteiger partial charge in [-0.1, -0.05) is 48.5 Å². The summed E-state index contributed by atoms with van der Waals surface area (Å²) in [6.45, 7) is 0. The number of benzene rings is 3. The minimum atomic E-state index is -0.498. The largest absolute Gasteiger partial charge is 0.465 e. The van der Waals surface area contributed by atoms with Crippen LogP contribution in [0.25, 0.3) is 16.8 Å². The summed E-state index contributed by atoms with van der Waals surface area (Å²) >= 11 is 3.59. The summed E-state index contributed by atoms with van der Waals surface area (Å²) in [4.78, 5) is 24.0. The van der Waals surface area contributed by atoms with Crippen molar-refractivity contribution in [3.63, 3.8) is 0 Å². The summed E-state index contributed by atoms with van der Waals surface area (Å²) in [5.74, 6) is -0.830. The molecule has 3 aromatic carbocycles. The highest BCUT2D eigenvalue weighted by molar-refractivity contribution is 9.10. The Bertz CT molecular complexity index is 1010. The van der Waals surface area contributed by atoms with Gasteiger partial charge in [-0.3, -0.25) is 4.79 Å². The van der Waals surface area contributed by atoms with Gasteiger partial charge in [0.25, 0.3) is 0 Å². The van der Waals surface area contributed by atoms with Gasteiger partial charge in [0.15, 0.2) is 0 Å². The highest BCUT2D eigenvalue weighted by Gasteiger charge is 2.12. The third-order valence-electron chi connectivity index (χ3n) is 3.90. The number of hydrogen-bond donors (Lipinski definition) is 1. The second-order valence-corrected chi connectivity index (χ2v) is 6.34. The number of anilines is 1. The van der Waals surface area contributed by atoms with E-state index >= 15 is 0 Å². The number of methoxy groups -OCH3 is 1. The maximum atomic E-state index is 12.3. The van der Waals surface area contributed by atoms with Crippen molar-refractivity contribution in [2.45, 2.75) is 0 Å². The summed E-state index contributed by atoms with van der Waals surface area (Å²) in [5.41, 5.74) is 1.61. The molecule has 0 aliphatic heterocycles.